The van der Waals surface area contributed by atoms with Gasteiger partial charge in [-0.05, 0) is 43.4 Å². The lowest BCUT2D eigenvalue weighted by atomic mass is 9.89. The molecule has 25 heavy (non-hydrogen) atoms. The van der Waals surface area contributed by atoms with Crippen LogP contribution in [0.5, 0.6) is 0 Å². The monoisotopic (exact) mass is 338 g/mol. The van der Waals surface area contributed by atoms with Crippen LogP contribution in [0.15, 0.2) is 41.5 Å². The summed E-state index contributed by atoms with van der Waals surface area (Å²) in [5.74, 6) is -0.0317. The van der Waals surface area contributed by atoms with Crippen molar-refractivity contribution in [2.24, 2.45) is 0 Å². The first-order valence-corrected chi connectivity index (χ1v) is 8.47. The number of halogens is 1. The van der Waals surface area contributed by atoms with E-state index in [1.165, 1.54) is 6.07 Å². The Labute approximate surface area is 144 Å². The number of aryl methyl sites for hydroxylation is 1. The first kappa shape index (κ1) is 15.7. The highest BCUT2D eigenvalue weighted by atomic mass is 19.1. The largest absolute Gasteiger partial charge is 0.369 e. The standard InChI is InChI=1S/C19H19FN4O/c1-12-3-2-4-15(20)17(12)24-9-5-13(6-10-24)14-11-16-18(23-19(14)25)22-8-7-21-16/h2-4,7-8,11,13H,5-6,9-10H2,1H3,(H,22,23,25). The van der Waals surface area contributed by atoms with Gasteiger partial charge in [-0.15, -0.1) is 0 Å². The van der Waals surface area contributed by atoms with E-state index in [1.54, 1.807) is 18.5 Å². The molecule has 0 unspecified atom stereocenters. The first-order valence-electron chi connectivity index (χ1n) is 8.47. The van der Waals surface area contributed by atoms with E-state index in [0.717, 1.165) is 37.1 Å². The lowest BCUT2D eigenvalue weighted by Gasteiger charge is -2.34. The Morgan fingerprint density at radius 1 is 1.20 bits per heavy atom. The molecule has 1 saturated heterocycles. The van der Waals surface area contributed by atoms with Gasteiger partial charge in [-0.1, -0.05) is 12.1 Å². The van der Waals surface area contributed by atoms with Crippen molar-refractivity contribution in [2.45, 2.75) is 25.7 Å². The molecule has 128 valence electrons. The Bertz CT molecular complexity index is 956. The summed E-state index contributed by atoms with van der Waals surface area (Å²) in [6.07, 6.45) is 4.80. The van der Waals surface area contributed by atoms with Crippen molar-refractivity contribution in [1.82, 2.24) is 15.0 Å². The second-order valence-corrected chi connectivity index (χ2v) is 6.51. The molecule has 2 aromatic heterocycles. The normalized spacial score (nSPS) is 15.7. The van der Waals surface area contributed by atoms with Crippen molar-refractivity contribution in [3.63, 3.8) is 0 Å². The van der Waals surface area contributed by atoms with Gasteiger partial charge in [0.15, 0.2) is 5.65 Å². The van der Waals surface area contributed by atoms with Gasteiger partial charge in [0.25, 0.3) is 5.56 Å². The third-order valence-corrected chi connectivity index (χ3v) is 4.95. The van der Waals surface area contributed by atoms with Crippen molar-refractivity contribution >= 4 is 16.9 Å². The van der Waals surface area contributed by atoms with Crippen LogP contribution in [-0.2, 0) is 0 Å². The number of nitrogens with one attached hydrogen (secondary N) is 1. The van der Waals surface area contributed by atoms with Gasteiger partial charge in [0.2, 0.25) is 0 Å². The number of anilines is 1. The molecular weight excluding hydrogens is 319 g/mol. The summed E-state index contributed by atoms with van der Waals surface area (Å²) in [5, 5.41) is 0. The SMILES string of the molecule is Cc1cccc(F)c1N1CCC(c2cc3nccnc3[nH]c2=O)CC1. The quantitative estimate of drug-likeness (QED) is 0.780. The van der Waals surface area contributed by atoms with Gasteiger partial charge in [-0.3, -0.25) is 9.78 Å². The number of nitrogens with zero attached hydrogens (tertiary/aromatic N) is 3. The Morgan fingerprint density at radius 2 is 1.96 bits per heavy atom. The molecule has 0 saturated carbocycles. The highest BCUT2D eigenvalue weighted by Gasteiger charge is 2.25. The zero-order valence-corrected chi connectivity index (χ0v) is 14.0. The van der Waals surface area contributed by atoms with Gasteiger partial charge in [0, 0.05) is 31.0 Å². The molecule has 3 heterocycles. The molecule has 6 heteroatoms. The Morgan fingerprint density at radius 3 is 2.72 bits per heavy atom. The fourth-order valence-electron chi connectivity index (χ4n) is 3.68. The van der Waals surface area contributed by atoms with Gasteiger partial charge in [-0.25, -0.2) is 9.37 Å². The number of fused-ring (bicyclic) bond motifs is 1. The topological polar surface area (TPSA) is 61.9 Å². The van der Waals surface area contributed by atoms with Gasteiger partial charge < -0.3 is 9.88 Å². The summed E-state index contributed by atoms with van der Waals surface area (Å²) in [4.78, 5) is 25.7. The van der Waals surface area contributed by atoms with Crippen LogP contribution in [0.4, 0.5) is 10.1 Å². The first-order chi connectivity index (χ1) is 12.1. The molecule has 0 radical (unpaired) electrons. The van der Waals surface area contributed by atoms with Crippen LogP contribution in [-0.4, -0.2) is 28.0 Å². The van der Waals surface area contributed by atoms with Crippen LogP contribution < -0.4 is 10.5 Å². The lowest BCUT2D eigenvalue weighted by Crippen LogP contribution is -2.35. The number of benzene rings is 1. The van der Waals surface area contributed by atoms with Gasteiger partial charge in [0.1, 0.15) is 11.3 Å². The van der Waals surface area contributed by atoms with Crippen molar-refractivity contribution in [2.75, 3.05) is 18.0 Å². The zero-order valence-electron chi connectivity index (χ0n) is 14.0. The predicted molar refractivity (Wildman–Crippen MR) is 95.5 cm³/mol. The molecule has 4 rings (SSSR count). The Kier molecular flexibility index (Phi) is 3.95. The lowest BCUT2D eigenvalue weighted by molar-refractivity contribution is 0.494. The van der Waals surface area contributed by atoms with Crippen LogP contribution in [0.1, 0.15) is 29.9 Å². The van der Waals surface area contributed by atoms with Crippen molar-refractivity contribution in [3.8, 4) is 0 Å². The second-order valence-electron chi connectivity index (χ2n) is 6.51. The maximum absolute atomic E-state index is 14.2. The van der Waals surface area contributed by atoms with E-state index in [0.29, 0.717) is 16.9 Å². The molecule has 1 aliphatic rings. The summed E-state index contributed by atoms with van der Waals surface area (Å²) in [6, 6.07) is 7.00. The van der Waals surface area contributed by atoms with E-state index in [9.17, 15) is 9.18 Å². The van der Waals surface area contributed by atoms with E-state index < -0.39 is 0 Å². The second kappa shape index (κ2) is 6.27. The van der Waals surface area contributed by atoms with E-state index in [1.807, 2.05) is 19.1 Å². The molecule has 1 fully saturated rings. The number of aromatic amines is 1. The van der Waals surface area contributed by atoms with Crippen LogP contribution in [0.2, 0.25) is 0 Å². The van der Waals surface area contributed by atoms with E-state index in [2.05, 4.69) is 19.9 Å². The Hall–Kier alpha value is -2.76. The van der Waals surface area contributed by atoms with Crippen LogP contribution in [0, 0.1) is 12.7 Å². The third-order valence-electron chi connectivity index (χ3n) is 4.95. The number of para-hydroxylation sites is 1. The van der Waals surface area contributed by atoms with Crippen molar-refractivity contribution < 1.29 is 4.39 Å². The number of rotatable bonds is 2. The van der Waals surface area contributed by atoms with Gasteiger partial charge in [0.05, 0.1) is 5.69 Å². The summed E-state index contributed by atoms with van der Waals surface area (Å²) in [7, 11) is 0. The van der Waals surface area contributed by atoms with Crippen LogP contribution >= 0.6 is 0 Å². The predicted octanol–water partition coefficient (Wildman–Crippen LogP) is 3.15. The van der Waals surface area contributed by atoms with Gasteiger partial charge >= 0.3 is 0 Å². The molecule has 0 bridgehead atoms. The van der Waals surface area contributed by atoms with Crippen LogP contribution in [0.3, 0.4) is 0 Å². The smallest absolute Gasteiger partial charge is 0.253 e. The average molecular weight is 338 g/mol. The number of pyridine rings is 1. The molecule has 3 aromatic rings. The molecule has 0 aliphatic carbocycles. The molecule has 0 amide bonds. The molecular formula is C19H19FN4O. The molecule has 1 aliphatic heterocycles. The van der Waals surface area contributed by atoms with E-state index in [4.69, 9.17) is 0 Å². The molecule has 5 nitrogen and oxygen atoms in total. The fourth-order valence-corrected chi connectivity index (χ4v) is 3.68. The summed E-state index contributed by atoms with van der Waals surface area (Å²) >= 11 is 0. The molecule has 1 N–H and O–H groups in total. The minimum Gasteiger partial charge on any atom is -0.369 e. The summed E-state index contributed by atoms with van der Waals surface area (Å²) < 4.78 is 14.2. The van der Waals surface area contributed by atoms with Gasteiger partial charge in [-0.2, -0.15) is 0 Å². The zero-order chi connectivity index (χ0) is 17.4. The third kappa shape index (κ3) is 2.88. The highest BCUT2D eigenvalue weighted by molar-refractivity contribution is 5.69. The molecule has 1 aromatic carbocycles. The Balaban J connectivity index is 1.58. The number of aromatic nitrogens is 3. The number of hydrogen-bond donors (Lipinski definition) is 1. The van der Waals surface area contributed by atoms with Crippen molar-refractivity contribution in [3.05, 3.63) is 64.0 Å². The highest BCUT2D eigenvalue weighted by Crippen LogP contribution is 2.32. The van der Waals surface area contributed by atoms with Crippen LogP contribution in [0.25, 0.3) is 11.2 Å². The van der Waals surface area contributed by atoms with E-state index in [-0.39, 0.29) is 17.3 Å². The summed E-state index contributed by atoms with van der Waals surface area (Å²) in [6.45, 7) is 3.38. The summed E-state index contributed by atoms with van der Waals surface area (Å²) in [5.41, 5.74) is 3.48. The van der Waals surface area contributed by atoms with E-state index >= 15 is 0 Å². The fraction of sp³-hybridized carbons (Fsp3) is 0.316. The molecule has 0 spiro atoms. The maximum Gasteiger partial charge on any atom is 0.253 e. The maximum atomic E-state index is 14.2. The number of H-pyrrole nitrogens is 1. The molecule has 0 atom stereocenters. The van der Waals surface area contributed by atoms with Crippen molar-refractivity contribution in [1.29, 1.82) is 0 Å². The minimum absolute atomic E-state index is 0.103. The minimum atomic E-state index is -0.183. The average Bonchev–Trinajstić information content (AvgIpc) is 2.62. The number of hydrogen-bond acceptors (Lipinski definition) is 4. The number of piperidine rings is 1.